The molecule has 0 bridgehead atoms. The van der Waals surface area contributed by atoms with Crippen molar-refractivity contribution in [3.8, 4) is 0 Å². The van der Waals surface area contributed by atoms with E-state index in [1.165, 1.54) is 6.07 Å². The summed E-state index contributed by atoms with van der Waals surface area (Å²) in [6.07, 6.45) is 1.55. The molecule has 17 heavy (non-hydrogen) atoms. The Morgan fingerprint density at radius 2 is 2.29 bits per heavy atom. The smallest absolute Gasteiger partial charge is 0.311 e. The molecule has 0 aliphatic carbocycles. The second kappa shape index (κ2) is 4.65. The first-order chi connectivity index (χ1) is 8.16. The maximum Gasteiger partial charge on any atom is 0.311 e. The summed E-state index contributed by atoms with van der Waals surface area (Å²) in [5.74, 6) is 0.953. The number of aryl methyl sites for hydroxylation is 1. The van der Waals surface area contributed by atoms with E-state index in [0.29, 0.717) is 12.3 Å². The zero-order valence-corrected chi connectivity index (χ0v) is 9.21. The molecule has 2 aromatic rings. The maximum atomic E-state index is 10.8. The molecule has 0 aliphatic heterocycles. The summed E-state index contributed by atoms with van der Waals surface area (Å²) in [5, 5.41) is 13.7. The predicted octanol–water partition coefficient (Wildman–Crippen LogP) is 2.50. The summed E-state index contributed by atoms with van der Waals surface area (Å²) in [6, 6.07) is 6.59. The third kappa shape index (κ3) is 2.60. The van der Waals surface area contributed by atoms with Gasteiger partial charge in [-0.2, -0.15) is 0 Å². The van der Waals surface area contributed by atoms with Crippen molar-refractivity contribution in [2.75, 3.05) is 5.32 Å². The highest BCUT2D eigenvalue weighted by atomic mass is 16.6. The van der Waals surface area contributed by atoms with Crippen molar-refractivity contribution in [2.24, 2.45) is 0 Å². The summed E-state index contributed by atoms with van der Waals surface area (Å²) < 4.78 is 5.13. The number of nitrogens with zero attached hydrogens (tertiary/aromatic N) is 2. The van der Waals surface area contributed by atoms with Crippen LogP contribution in [0.1, 0.15) is 11.5 Å². The van der Waals surface area contributed by atoms with Crippen LogP contribution in [0.15, 0.2) is 34.9 Å². The molecule has 0 saturated heterocycles. The first-order valence-corrected chi connectivity index (χ1v) is 5.05. The van der Waals surface area contributed by atoms with E-state index < -0.39 is 4.92 Å². The predicted molar refractivity (Wildman–Crippen MR) is 61.7 cm³/mol. The number of aromatic nitrogens is 1. The van der Waals surface area contributed by atoms with Gasteiger partial charge in [0.2, 0.25) is 5.82 Å². The molecule has 0 aliphatic rings. The molecule has 0 fully saturated rings. The second-order valence-electron chi connectivity index (χ2n) is 3.51. The van der Waals surface area contributed by atoms with E-state index in [1.807, 2.05) is 0 Å². The van der Waals surface area contributed by atoms with E-state index in [-0.39, 0.29) is 11.5 Å². The van der Waals surface area contributed by atoms with Gasteiger partial charge in [-0.3, -0.25) is 10.1 Å². The Labute approximate surface area is 97.4 Å². The molecule has 88 valence electrons. The Hall–Kier alpha value is -2.37. The number of furan rings is 1. The maximum absolute atomic E-state index is 10.8. The third-order valence-electron chi connectivity index (χ3n) is 2.22. The van der Waals surface area contributed by atoms with Crippen molar-refractivity contribution in [1.82, 2.24) is 4.98 Å². The quantitative estimate of drug-likeness (QED) is 0.648. The molecule has 0 atom stereocenters. The fourth-order valence-electron chi connectivity index (χ4n) is 1.41. The van der Waals surface area contributed by atoms with Crippen LogP contribution in [0.3, 0.4) is 0 Å². The number of nitrogens with one attached hydrogen (secondary N) is 1. The molecule has 0 aromatic carbocycles. The SMILES string of the molecule is Cc1ccc([N+](=O)[O-])c(NCc2ccco2)n1. The average molecular weight is 233 g/mol. The third-order valence-corrected chi connectivity index (χ3v) is 2.22. The zero-order chi connectivity index (χ0) is 12.3. The molecule has 6 nitrogen and oxygen atoms in total. The highest BCUT2D eigenvalue weighted by Crippen LogP contribution is 2.22. The fraction of sp³-hybridized carbons (Fsp3) is 0.182. The summed E-state index contributed by atoms with van der Waals surface area (Å²) in [4.78, 5) is 14.4. The number of hydrogen-bond acceptors (Lipinski definition) is 5. The number of anilines is 1. The lowest BCUT2D eigenvalue weighted by atomic mass is 10.3. The summed E-state index contributed by atoms with van der Waals surface area (Å²) >= 11 is 0. The van der Waals surface area contributed by atoms with Gasteiger partial charge in [0.05, 0.1) is 17.7 Å². The van der Waals surface area contributed by atoms with Crippen molar-refractivity contribution < 1.29 is 9.34 Å². The van der Waals surface area contributed by atoms with Gasteiger partial charge in [0.1, 0.15) is 5.76 Å². The van der Waals surface area contributed by atoms with E-state index in [2.05, 4.69) is 10.3 Å². The Morgan fingerprint density at radius 3 is 2.94 bits per heavy atom. The van der Waals surface area contributed by atoms with E-state index in [9.17, 15) is 10.1 Å². The largest absolute Gasteiger partial charge is 0.467 e. The van der Waals surface area contributed by atoms with Crippen LogP contribution in [0.5, 0.6) is 0 Å². The van der Waals surface area contributed by atoms with Crippen molar-refractivity contribution in [2.45, 2.75) is 13.5 Å². The van der Waals surface area contributed by atoms with Crippen LogP contribution in [-0.4, -0.2) is 9.91 Å². The van der Waals surface area contributed by atoms with Crippen LogP contribution in [0.25, 0.3) is 0 Å². The Balaban J connectivity index is 2.19. The lowest BCUT2D eigenvalue weighted by Crippen LogP contribution is -2.04. The van der Waals surface area contributed by atoms with E-state index in [0.717, 1.165) is 5.69 Å². The van der Waals surface area contributed by atoms with Crippen LogP contribution < -0.4 is 5.32 Å². The minimum absolute atomic E-state index is 0.0397. The highest BCUT2D eigenvalue weighted by Gasteiger charge is 2.14. The van der Waals surface area contributed by atoms with Crippen molar-refractivity contribution in [1.29, 1.82) is 0 Å². The number of hydrogen-bond donors (Lipinski definition) is 1. The lowest BCUT2D eigenvalue weighted by molar-refractivity contribution is -0.384. The molecule has 0 saturated carbocycles. The van der Waals surface area contributed by atoms with Crippen molar-refractivity contribution in [3.05, 3.63) is 52.1 Å². The molecule has 0 spiro atoms. The first-order valence-electron chi connectivity index (χ1n) is 5.05. The molecule has 6 heteroatoms. The van der Waals surface area contributed by atoms with Gasteiger partial charge in [0.25, 0.3) is 0 Å². The normalized spacial score (nSPS) is 10.2. The topological polar surface area (TPSA) is 81.2 Å². The van der Waals surface area contributed by atoms with Crippen LogP contribution >= 0.6 is 0 Å². The molecule has 0 amide bonds. The van der Waals surface area contributed by atoms with Gasteiger partial charge in [0, 0.05) is 11.8 Å². The first kappa shape index (κ1) is 11.1. The molecular weight excluding hydrogens is 222 g/mol. The average Bonchev–Trinajstić information content (AvgIpc) is 2.78. The summed E-state index contributed by atoms with van der Waals surface area (Å²) in [7, 11) is 0. The minimum Gasteiger partial charge on any atom is -0.467 e. The molecular formula is C11H11N3O3. The van der Waals surface area contributed by atoms with Gasteiger partial charge in [-0.25, -0.2) is 4.98 Å². The van der Waals surface area contributed by atoms with Gasteiger partial charge < -0.3 is 9.73 Å². The summed E-state index contributed by atoms with van der Waals surface area (Å²) in [6.45, 7) is 2.14. The Morgan fingerprint density at radius 1 is 1.47 bits per heavy atom. The molecule has 1 N–H and O–H groups in total. The lowest BCUT2D eigenvalue weighted by Gasteiger charge is -2.05. The Bertz CT molecular complexity index is 523. The summed E-state index contributed by atoms with van der Waals surface area (Å²) in [5.41, 5.74) is 0.680. The van der Waals surface area contributed by atoms with E-state index in [4.69, 9.17) is 4.42 Å². The van der Waals surface area contributed by atoms with Gasteiger partial charge in [-0.05, 0) is 25.1 Å². The highest BCUT2D eigenvalue weighted by molar-refractivity contribution is 5.56. The van der Waals surface area contributed by atoms with Crippen LogP contribution in [0.2, 0.25) is 0 Å². The fourth-order valence-corrected chi connectivity index (χ4v) is 1.41. The van der Waals surface area contributed by atoms with Gasteiger partial charge in [-0.15, -0.1) is 0 Å². The van der Waals surface area contributed by atoms with Gasteiger partial charge >= 0.3 is 5.69 Å². The van der Waals surface area contributed by atoms with Gasteiger partial charge in [0.15, 0.2) is 0 Å². The zero-order valence-electron chi connectivity index (χ0n) is 9.21. The van der Waals surface area contributed by atoms with Crippen LogP contribution in [0.4, 0.5) is 11.5 Å². The van der Waals surface area contributed by atoms with E-state index >= 15 is 0 Å². The molecule has 0 unspecified atom stereocenters. The molecule has 0 radical (unpaired) electrons. The monoisotopic (exact) mass is 233 g/mol. The second-order valence-corrected chi connectivity index (χ2v) is 3.51. The minimum atomic E-state index is -0.461. The van der Waals surface area contributed by atoms with Crippen molar-refractivity contribution >= 4 is 11.5 Å². The standard InChI is InChI=1S/C11H11N3O3/c1-8-4-5-10(14(15)16)11(13-8)12-7-9-3-2-6-17-9/h2-6H,7H2,1H3,(H,12,13). The number of pyridine rings is 1. The van der Waals surface area contributed by atoms with Gasteiger partial charge in [-0.1, -0.05) is 0 Å². The van der Waals surface area contributed by atoms with E-state index in [1.54, 1.807) is 31.4 Å². The molecule has 2 heterocycles. The number of nitro groups is 1. The van der Waals surface area contributed by atoms with Crippen LogP contribution in [0, 0.1) is 17.0 Å². The Kier molecular flexibility index (Phi) is 3.04. The molecule has 2 rings (SSSR count). The molecule has 2 aromatic heterocycles. The number of rotatable bonds is 4. The van der Waals surface area contributed by atoms with Crippen LogP contribution in [-0.2, 0) is 6.54 Å². The van der Waals surface area contributed by atoms with Crippen molar-refractivity contribution in [3.63, 3.8) is 0 Å².